The van der Waals surface area contributed by atoms with Gasteiger partial charge in [0.1, 0.15) is 11.9 Å². The lowest BCUT2D eigenvalue weighted by molar-refractivity contribution is -0.130. The molecule has 0 spiro atoms. The van der Waals surface area contributed by atoms with Crippen molar-refractivity contribution in [3.8, 4) is 5.75 Å². The SMILES string of the molecule is CCCC1NC(c2ccc(OC)cc2)N(CC)C1=O. The van der Waals surface area contributed by atoms with Gasteiger partial charge in [0.15, 0.2) is 0 Å². The summed E-state index contributed by atoms with van der Waals surface area (Å²) < 4.78 is 5.16. The van der Waals surface area contributed by atoms with Crippen LogP contribution < -0.4 is 10.1 Å². The second-order valence-electron chi connectivity index (χ2n) is 4.81. The zero-order valence-corrected chi connectivity index (χ0v) is 11.8. The van der Waals surface area contributed by atoms with Gasteiger partial charge in [-0.1, -0.05) is 25.5 Å². The molecule has 1 aromatic rings. The van der Waals surface area contributed by atoms with E-state index in [1.165, 1.54) is 0 Å². The van der Waals surface area contributed by atoms with Crippen LogP contribution in [-0.2, 0) is 4.79 Å². The third-order valence-corrected chi connectivity index (χ3v) is 3.60. The molecule has 0 aromatic heterocycles. The van der Waals surface area contributed by atoms with Crippen LogP contribution in [0.1, 0.15) is 38.4 Å². The molecule has 1 N–H and O–H groups in total. The molecule has 1 fully saturated rings. The largest absolute Gasteiger partial charge is 0.497 e. The Balaban J connectivity index is 2.19. The summed E-state index contributed by atoms with van der Waals surface area (Å²) >= 11 is 0. The molecular formula is C15H22N2O2. The van der Waals surface area contributed by atoms with Gasteiger partial charge in [-0.2, -0.15) is 0 Å². The van der Waals surface area contributed by atoms with Crippen LogP contribution in [0, 0.1) is 0 Å². The lowest BCUT2D eigenvalue weighted by atomic mass is 10.1. The zero-order chi connectivity index (χ0) is 13.8. The Labute approximate surface area is 114 Å². The van der Waals surface area contributed by atoms with Gasteiger partial charge in [-0.15, -0.1) is 0 Å². The van der Waals surface area contributed by atoms with Gasteiger partial charge < -0.3 is 9.64 Å². The van der Waals surface area contributed by atoms with Crippen molar-refractivity contribution in [2.45, 2.75) is 38.9 Å². The number of hydrogen-bond acceptors (Lipinski definition) is 3. The number of hydrogen-bond donors (Lipinski definition) is 1. The summed E-state index contributed by atoms with van der Waals surface area (Å²) in [5.74, 6) is 1.05. The molecule has 0 aliphatic carbocycles. The molecule has 0 saturated carbocycles. The highest BCUT2D eigenvalue weighted by atomic mass is 16.5. The molecule has 4 heteroatoms. The van der Waals surface area contributed by atoms with Gasteiger partial charge in [-0.25, -0.2) is 0 Å². The van der Waals surface area contributed by atoms with Crippen LogP contribution in [-0.4, -0.2) is 30.5 Å². The van der Waals surface area contributed by atoms with E-state index in [1.54, 1.807) is 7.11 Å². The van der Waals surface area contributed by atoms with Crippen LogP contribution in [0.5, 0.6) is 5.75 Å². The smallest absolute Gasteiger partial charge is 0.241 e. The highest BCUT2D eigenvalue weighted by Gasteiger charge is 2.37. The Morgan fingerprint density at radius 1 is 1.26 bits per heavy atom. The first-order valence-electron chi connectivity index (χ1n) is 6.91. The van der Waals surface area contributed by atoms with Gasteiger partial charge in [0.25, 0.3) is 0 Å². The van der Waals surface area contributed by atoms with Gasteiger partial charge in [-0.05, 0) is 31.0 Å². The van der Waals surface area contributed by atoms with Crippen molar-refractivity contribution < 1.29 is 9.53 Å². The number of benzene rings is 1. The number of carbonyl (C=O) groups is 1. The minimum atomic E-state index is -0.0444. The number of likely N-dealkylation sites (N-methyl/N-ethyl adjacent to an activating group) is 1. The highest BCUT2D eigenvalue weighted by Crippen LogP contribution is 2.27. The molecule has 2 atom stereocenters. The summed E-state index contributed by atoms with van der Waals surface area (Å²) in [6.07, 6.45) is 1.89. The van der Waals surface area contributed by atoms with Crippen LogP contribution in [0.25, 0.3) is 0 Å². The molecule has 1 aliphatic heterocycles. The molecule has 1 heterocycles. The van der Waals surface area contributed by atoms with Crippen LogP contribution in [0.2, 0.25) is 0 Å². The number of carbonyl (C=O) groups excluding carboxylic acids is 1. The Kier molecular flexibility index (Phi) is 4.43. The lowest BCUT2D eigenvalue weighted by Crippen LogP contribution is -2.30. The molecule has 1 aromatic carbocycles. The molecule has 1 aliphatic rings. The van der Waals surface area contributed by atoms with Crippen LogP contribution >= 0.6 is 0 Å². The van der Waals surface area contributed by atoms with E-state index < -0.39 is 0 Å². The van der Waals surface area contributed by atoms with E-state index in [0.29, 0.717) is 0 Å². The van der Waals surface area contributed by atoms with Crippen LogP contribution in [0.4, 0.5) is 0 Å². The minimum absolute atomic E-state index is 0.0139. The number of nitrogens with zero attached hydrogens (tertiary/aromatic N) is 1. The average molecular weight is 262 g/mol. The van der Waals surface area contributed by atoms with E-state index in [2.05, 4.69) is 12.2 Å². The quantitative estimate of drug-likeness (QED) is 0.885. The Morgan fingerprint density at radius 3 is 2.47 bits per heavy atom. The molecule has 4 nitrogen and oxygen atoms in total. The van der Waals surface area contributed by atoms with Crippen molar-refractivity contribution >= 4 is 5.91 Å². The fraction of sp³-hybridized carbons (Fsp3) is 0.533. The van der Waals surface area contributed by atoms with Gasteiger partial charge in [0.2, 0.25) is 5.91 Å². The van der Waals surface area contributed by atoms with Gasteiger partial charge in [0.05, 0.1) is 13.2 Å². The maximum atomic E-state index is 12.3. The first-order valence-corrected chi connectivity index (χ1v) is 6.91. The van der Waals surface area contributed by atoms with E-state index >= 15 is 0 Å². The fourth-order valence-electron chi connectivity index (χ4n) is 2.58. The van der Waals surface area contributed by atoms with Crippen molar-refractivity contribution in [1.29, 1.82) is 0 Å². The van der Waals surface area contributed by atoms with E-state index in [1.807, 2.05) is 36.1 Å². The Bertz CT molecular complexity index is 430. The van der Waals surface area contributed by atoms with E-state index in [4.69, 9.17) is 4.74 Å². The number of amides is 1. The Morgan fingerprint density at radius 2 is 1.95 bits per heavy atom. The number of nitrogens with one attached hydrogen (secondary N) is 1. The van der Waals surface area contributed by atoms with Crippen molar-refractivity contribution in [2.75, 3.05) is 13.7 Å². The average Bonchev–Trinajstić information content (AvgIpc) is 2.76. The molecule has 104 valence electrons. The maximum absolute atomic E-state index is 12.3. The molecule has 0 bridgehead atoms. The monoisotopic (exact) mass is 262 g/mol. The number of rotatable bonds is 5. The van der Waals surface area contributed by atoms with Gasteiger partial charge in [-0.3, -0.25) is 10.1 Å². The predicted molar refractivity (Wildman–Crippen MR) is 75.0 cm³/mol. The van der Waals surface area contributed by atoms with Gasteiger partial charge in [0, 0.05) is 6.54 Å². The maximum Gasteiger partial charge on any atom is 0.241 e. The van der Waals surface area contributed by atoms with Crippen LogP contribution in [0.15, 0.2) is 24.3 Å². The van der Waals surface area contributed by atoms with E-state index in [0.717, 1.165) is 30.7 Å². The number of methoxy groups -OCH3 is 1. The summed E-state index contributed by atoms with van der Waals surface area (Å²) in [5.41, 5.74) is 1.11. The lowest BCUT2D eigenvalue weighted by Gasteiger charge is -2.23. The fourth-order valence-corrected chi connectivity index (χ4v) is 2.58. The van der Waals surface area contributed by atoms with E-state index in [-0.39, 0.29) is 18.1 Å². The second-order valence-corrected chi connectivity index (χ2v) is 4.81. The summed E-state index contributed by atoms with van der Waals surface area (Å²) in [6.45, 7) is 4.85. The van der Waals surface area contributed by atoms with Crippen LogP contribution in [0.3, 0.4) is 0 Å². The zero-order valence-electron chi connectivity index (χ0n) is 11.8. The minimum Gasteiger partial charge on any atom is -0.497 e. The van der Waals surface area contributed by atoms with Crippen molar-refractivity contribution in [1.82, 2.24) is 10.2 Å². The predicted octanol–water partition coefficient (Wildman–Crippen LogP) is 2.31. The van der Waals surface area contributed by atoms with Crippen molar-refractivity contribution in [3.05, 3.63) is 29.8 Å². The molecule has 1 saturated heterocycles. The first-order chi connectivity index (χ1) is 9.21. The van der Waals surface area contributed by atoms with E-state index in [9.17, 15) is 4.79 Å². The van der Waals surface area contributed by atoms with Gasteiger partial charge >= 0.3 is 0 Å². The summed E-state index contributed by atoms with van der Waals surface area (Å²) in [4.78, 5) is 14.2. The number of ether oxygens (including phenoxy) is 1. The molecule has 2 unspecified atom stereocenters. The normalized spacial score (nSPS) is 22.9. The standard InChI is InChI=1S/C15H22N2O2/c1-4-6-13-15(18)17(5-2)14(16-13)11-7-9-12(19-3)10-8-11/h7-10,13-14,16H,4-6H2,1-3H3. The highest BCUT2D eigenvalue weighted by molar-refractivity contribution is 5.84. The molecular weight excluding hydrogens is 240 g/mol. The summed E-state index contributed by atoms with van der Waals surface area (Å²) in [6, 6.07) is 7.85. The third-order valence-electron chi connectivity index (χ3n) is 3.60. The summed E-state index contributed by atoms with van der Waals surface area (Å²) in [5, 5.41) is 3.43. The molecule has 1 amide bonds. The first kappa shape index (κ1) is 13.9. The summed E-state index contributed by atoms with van der Waals surface area (Å²) in [7, 11) is 1.65. The topological polar surface area (TPSA) is 41.6 Å². The molecule has 2 rings (SSSR count). The van der Waals surface area contributed by atoms with Crippen molar-refractivity contribution in [2.24, 2.45) is 0 Å². The third kappa shape index (κ3) is 2.73. The second kappa shape index (κ2) is 6.06. The Hall–Kier alpha value is -1.55. The van der Waals surface area contributed by atoms with Crippen molar-refractivity contribution in [3.63, 3.8) is 0 Å². The molecule has 0 radical (unpaired) electrons. The molecule has 19 heavy (non-hydrogen) atoms.